The molecule has 7 nitrogen and oxygen atoms in total. The van der Waals surface area contributed by atoms with Crippen molar-refractivity contribution in [2.24, 2.45) is 0 Å². The smallest absolute Gasteiger partial charge is 0.339 e. The van der Waals surface area contributed by atoms with Crippen molar-refractivity contribution >= 4 is 44.4 Å². The fourth-order valence-corrected chi connectivity index (χ4v) is 4.18. The number of benzene rings is 3. The summed E-state index contributed by atoms with van der Waals surface area (Å²) >= 11 is 5.98. The lowest BCUT2D eigenvalue weighted by Gasteiger charge is -2.11. The molecule has 9 heteroatoms. The van der Waals surface area contributed by atoms with E-state index in [1.807, 2.05) is 0 Å². The minimum absolute atomic E-state index is 0.0139. The number of aromatic nitrogens is 1. The van der Waals surface area contributed by atoms with E-state index in [2.05, 4.69) is 9.71 Å². The van der Waals surface area contributed by atoms with Crippen molar-refractivity contribution in [2.45, 2.75) is 4.90 Å². The second-order valence-corrected chi connectivity index (χ2v) is 8.42. The van der Waals surface area contributed by atoms with E-state index in [9.17, 15) is 13.2 Å². The predicted molar refractivity (Wildman–Crippen MR) is 113 cm³/mol. The van der Waals surface area contributed by atoms with Crippen molar-refractivity contribution in [3.05, 3.63) is 77.3 Å². The van der Waals surface area contributed by atoms with Gasteiger partial charge in [-0.2, -0.15) is 0 Å². The summed E-state index contributed by atoms with van der Waals surface area (Å²) in [5, 5.41) is 0.521. The Kier molecular flexibility index (Phi) is 5.19. The zero-order chi connectivity index (χ0) is 21.3. The predicted octanol–water partition coefficient (Wildman–Crippen LogP) is 4.74. The molecular formula is C21H15ClN2O5S. The molecule has 4 rings (SSSR count). The number of fused-ring (bicyclic) bond motifs is 1. The van der Waals surface area contributed by atoms with Gasteiger partial charge in [0.05, 0.1) is 23.3 Å². The number of methoxy groups -OCH3 is 1. The van der Waals surface area contributed by atoms with Gasteiger partial charge < -0.3 is 9.15 Å². The second-order valence-electron chi connectivity index (χ2n) is 6.30. The molecule has 0 atom stereocenters. The van der Waals surface area contributed by atoms with Crippen LogP contribution in [0.5, 0.6) is 0 Å². The molecule has 0 unspecified atom stereocenters. The number of carbonyl (C=O) groups is 1. The third kappa shape index (κ3) is 3.87. The molecule has 0 amide bonds. The molecular weight excluding hydrogens is 428 g/mol. The maximum absolute atomic E-state index is 12.9. The molecule has 30 heavy (non-hydrogen) atoms. The summed E-state index contributed by atoms with van der Waals surface area (Å²) in [5.74, 6) is -0.383. The van der Waals surface area contributed by atoms with E-state index in [-0.39, 0.29) is 22.0 Å². The molecule has 0 saturated carbocycles. The Morgan fingerprint density at radius 2 is 1.87 bits per heavy atom. The standard InChI is InChI=1S/C21H15ClN2O5S/c1-28-21(25)16-7-2-3-8-17(16)24-30(26,27)15-6-4-5-13(11-15)20-23-18-12-14(22)9-10-19(18)29-20/h2-12,24H,1H3. The molecule has 0 bridgehead atoms. The first-order chi connectivity index (χ1) is 14.4. The maximum Gasteiger partial charge on any atom is 0.339 e. The van der Waals surface area contributed by atoms with E-state index in [1.165, 1.54) is 31.4 Å². The number of nitrogens with one attached hydrogen (secondary N) is 1. The first-order valence-corrected chi connectivity index (χ1v) is 10.6. The van der Waals surface area contributed by atoms with Gasteiger partial charge in [0.2, 0.25) is 5.89 Å². The molecule has 0 aliphatic carbocycles. The third-order valence-electron chi connectivity index (χ3n) is 4.32. The summed E-state index contributed by atoms with van der Waals surface area (Å²) in [6.07, 6.45) is 0. The average molecular weight is 443 g/mol. The van der Waals surface area contributed by atoms with Crippen LogP contribution in [0.2, 0.25) is 5.02 Å². The number of ether oxygens (including phenoxy) is 1. The van der Waals surface area contributed by atoms with Gasteiger partial charge in [0.1, 0.15) is 5.52 Å². The van der Waals surface area contributed by atoms with Crippen LogP contribution in [0.4, 0.5) is 5.69 Å². The fourth-order valence-electron chi connectivity index (χ4n) is 2.88. The fraction of sp³-hybridized carbons (Fsp3) is 0.0476. The molecule has 0 spiro atoms. The molecule has 0 aliphatic heterocycles. The number of carbonyl (C=O) groups excluding carboxylic acids is 1. The van der Waals surface area contributed by atoms with Crippen LogP contribution in [0.25, 0.3) is 22.6 Å². The molecule has 0 fully saturated rings. The summed E-state index contributed by atoms with van der Waals surface area (Å²) in [5.41, 5.74) is 1.80. The number of sulfonamides is 1. The summed E-state index contributed by atoms with van der Waals surface area (Å²) in [6.45, 7) is 0. The monoisotopic (exact) mass is 442 g/mol. The van der Waals surface area contributed by atoms with Gasteiger partial charge in [-0.15, -0.1) is 0 Å². The summed E-state index contributed by atoms with van der Waals surface area (Å²) in [4.78, 5) is 16.3. The van der Waals surface area contributed by atoms with Crippen LogP contribution >= 0.6 is 11.6 Å². The normalized spacial score (nSPS) is 11.4. The Bertz CT molecular complexity index is 1360. The van der Waals surface area contributed by atoms with Gasteiger partial charge in [0, 0.05) is 10.6 Å². The quantitative estimate of drug-likeness (QED) is 0.448. The average Bonchev–Trinajstić information content (AvgIpc) is 3.16. The van der Waals surface area contributed by atoms with Crippen LogP contribution in [0, 0.1) is 0 Å². The highest BCUT2D eigenvalue weighted by Crippen LogP contribution is 2.28. The Hall–Kier alpha value is -3.36. The molecule has 1 heterocycles. The molecule has 152 valence electrons. The highest BCUT2D eigenvalue weighted by molar-refractivity contribution is 7.92. The Balaban J connectivity index is 1.70. The van der Waals surface area contributed by atoms with Gasteiger partial charge >= 0.3 is 5.97 Å². The molecule has 1 N–H and O–H groups in total. The Morgan fingerprint density at radius 3 is 2.67 bits per heavy atom. The number of para-hydroxylation sites is 1. The van der Waals surface area contributed by atoms with Crippen LogP contribution in [0.1, 0.15) is 10.4 Å². The van der Waals surface area contributed by atoms with Gasteiger partial charge in [-0.3, -0.25) is 4.72 Å². The summed E-state index contributed by atoms with van der Waals surface area (Å²) < 4.78 is 38.7. The van der Waals surface area contributed by atoms with Crippen LogP contribution in [0.15, 0.2) is 76.0 Å². The van der Waals surface area contributed by atoms with Crippen molar-refractivity contribution < 1.29 is 22.4 Å². The molecule has 4 aromatic rings. The zero-order valence-electron chi connectivity index (χ0n) is 15.6. The highest BCUT2D eigenvalue weighted by atomic mass is 35.5. The van der Waals surface area contributed by atoms with Crippen LogP contribution in [-0.4, -0.2) is 26.5 Å². The number of rotatable bonds is 5. The van der Waals surface area contributed by atoms with Gasteiger partial charge in [-0.05, 0) is 48.5 Å². The maximum atomic E-state index is 12.9. The minimum atomic E-state index is -3.99. The van der Waals surface area contributed by atoms with E-state index in [4.69, 9.17) is 20.8 Å². The number of esters is 1. The molecule has 3 aromatic carbocycles. The van der Waals surface area contributed by atoms with E-state index in [0.29, 0.717) is 21.7 Å². The van der Waals surface area contributed by atoms with Gasteiger partial charge in [0.25, 0.3) is 10.0 Å². The van der Waals surface area contributed by atoms with Crippen molar-refractivity contribution in [3.63, 3.8) is 0 Å². The molecule has 0 radical (unpaired) electrons. The van der Waals surface area contributed by atoms with E-state index < -0.39 is 16.0 Å². The Morgan fingerprint density at radius 1 is 1.07 bits per heavy atom. The number of hydrogen-bond donors (Lipinski definition) is 1. The zero-order valence-corrected chi connectivity index (χ0v) is 17.2. The molecule has 0 saturated heterocycles. The van der Waals surface area contributed by atoms with Crippen molar-refractivity contribution in [1.82, 2.24) is 4.98 Å². The number of anilines is 1. The van der Waals surface area contributed by atoms with Crippen molar-refractivity contribution in [1.29, 1.82) is 0 Å². The lowest BCUT2D eigenvalue weighted by atomic mass is 10.2. The van der Waals surface area contributed by atoms with Gasteiger partial charge in [-0.25, -0.2) is 18.2 Å². The minimum Gasteiger partial charge on any atom is -0.465 e. The molecule has 0 aliphatic rings. The largest absolute Gasteiger partial charge is 0.465 e. The van der Waals surface area contributed by atoms with Crippen LogP contribution in [-0.2, 0) is 14.8 Å². The van der Waals surface area contributed by atoms with Crippen LogP contribution < -0.4 is 4.72 Å². The molecule has 1 aromatic heterocycles. The van der Waals surface area contributed by atoms with E-state index in [0.717, 1.165) is 0 Å². The van der Waals surface area contributed by atoms with E-state index >= 15 is 0 Å². The summed E-state index contributed by atoms with van der Waals surface area (Å²) in [7, 11) is -2.77. The number of halogens is 1. The van der Waals surface area contributed by atoms with Crippen LogP contribution in [0.3, 0.4) is 0 Å². The van der Waals surface area contributed by atoms with Crippen molar-refractivity contribution in [2.75, 3.05) is 11.8 Å². The summed E-state index contributed by atoms with van der Waals surface area (Å²) in [6, 6.07) is 17.4. The van der Waals surface area contributed by atoms with Gasteiger partial charge in [-0.1, -0.05) is 29.8 Å². The topological polar surface area (TPSA) is 98.5 Å². The Labute approximate surface area is 177 Å². The van der Waals surface area contributed by atoms with Gasteiger partial charge in [0.15, 0.2) is 5.58 Å². The number of hydrogen-bond acceptors (Lipinski definition) is 6. The number of oxazole rings is 1. The first kappa shape index (κ1) is 19.9. The van der Waals surface area contributed by atoms with Crippen molar-refractivity contribution in [3.8, 4) is 11.5 Å². The third-order valence-corrected chi connectivity index (χ3v) is 5.92. The second kappa shape index (κ2) is 7.81. The van der Waals surface area contributed by atoms with E-state index in [1.54, 1.807) is 42.5 Å². The highest BCUT2D eigenvalue weighted by Gasteiger charge is 2.20. The lowest BCUT2D eigenvalue weighted by Crippen LogP contribution is -2.16. The number of nitrogens with zero attached hydrogens (tertiary/aromatic N) is 1. The lowest BCUT2D eigenvalue weighted by molar-refractivity contribution is 0.0602. The SMILES string of the molecule is COC(=O)c1ccccc1NS(=O)(=O)c1cccc(-c2nc3cc(Cl)ccc3o2)c1. The first-order valence-electron chi connectivity index (χ1n) is 8.74.